The lowest BCUT2D eigenvalue weighted by Gasteiger charge is -2.20. The maximum absolute atomic E-state index is 12.4. The molecule has 0 rings (SSSR count). The molecule has 6 heteroatoms. The summed E-state index contributed by atoms with van der Waals surface area (Å²) in [5, 5.41) is 23.1. The number of carbonyl (C=O) groups excluding carboxylic acids is 2. The summed E-state index contributed by atoms with van der Waals surface area (Å²) < 4.78 is 5.48. The van der Waals surface area contributed by atoms with E-state index in [2.05, 4.69) is 43.5 Å². The van der Waals surface area contributed by atoms with Gasteiger partial charge in [-0.1, -0.05) is 288 Å². The molecule has 0 aliphatic rings. The molecule has 0 aromatic heterocycles. The van der Waals surface area contributed by atoms with Crippen LogP contribution in [0.5, 0.6) is 0 Å². The van der Waals surface area contributed by atoms with Crippen LogP contribution in [-0.4, -0.2) is 47.4 Å². The number of amides is 1. The Morgan fingerprint density at radius 1 is 0.406 bits per heavy atom. The van der Waals surface area contributed by atoms with Crippen molar-refractivity contribution in [1.82, 2.24) is 5.32 Å². The summed E-state index contributed by atoms with van der Waals surface area (Å²) in [4.78, 5) is 24.5. The number of hydrogen-bond acceptors (Lipinski definition) is 5. The summed E-state index contributed by atoms with van der Waals surface area (Å²) in [6.07, 6.45) is 73.3. The van der Waals surface area contributed by atoms with Gasteiger partial charge in [0.2, 0.25) is 5.91 Å². The van der Waals surface area contributed by atoms with Gasteiger partial charge in [-0.3, -0.25) is 9.59 Å². The number of rotatable bonds is 57. The van der Waals surface area contributed by atoms with E-state index >= 15 is 0 Å². The zero-order valence-electron chi connectivity index (χ0n) is 46.3. The second-order valence-electron chi connectivity index (χ2n) is 21.0. The van der Waals surface area contributed by atoms with E-state index in [0.717, 1.165) is 51.4 Å². The van der Waals surface area contributed by atoms with Gasteiger partial charge >= 0.3 is 5.97 Å². The Kier molecular flexibility index (Phi) is 57.0. The summed E-state index contributed by atoms with van der Waals surface area (Å²) in [6, 6.07) is -0.625. The van der Waals surface area contributed by atoms with Crippen LogP contribution in [0.4, 0.5) is 0 Å². The Bertz CT molecular complexity index is 1120. The van der Waals surface area contributed by atoms with Gasteiger partial charge in [-0.25, -0.2) is 0 Å². The standard InChI is InChI=1S/C63H119NO5/c1-3-5-7-9-11-13-15-17-29-33-37-41-45-49-53-57-63(68)69-58-54-50-46-42-38-34-31-28-26-24-22-20-18-19-21-23-25-27-30-32-36-40-44-48-52-56-62(67)64-60(59-65)61(66)55-51-47-43-39-35-16-14-12-10-8-6-4-2/h11,13,17,29,51,55,60-61,65-66H,3-10,12,14-16,18-28,30-50,52-54,56-59H2,1-2H3,(H,64,67)/b13-11-,29-17-,55-51+. The van der Waals surface area contributed by atoms with Gasteiger partial charge in [-0.2, -0.15) is 0 Å². The van der Waals surface area contributed by atoms with Gasteiger partial charge in [0, 0.05) is 12.8 Å². The van der Waals surface area contributed by atoms with Crippen LogP contribution >= 0.6 is 0 Å². The molecule has 3 N–H and O–H groups in total. The predicted octanol–water partition coefficient (Wildman–Crippen LogP) is 19.2. The first-order chi connectivity index (χ1) is 34.0. The Balaban J connectivity index is 3.37. The maximum Gasteiger partial charge on any atom is 0.305 e. The fourth-order valence-corrected chi connectivity index (χ4v) is 9.43. The van der Waals surface area contributed by atoms with Crippen LogP contribution in [0.1, 0.15) is 328 Å². The minimum Gasteiger partial charge on any atom is -0.466 e. The van der Waals surface area contributed by atoms with Crippen molar-refractivity contribution in [3.63, 3.8) is 0 Å². The second kappa shape index (κ2) is 58.6. The molecule has 2 unspecified atom stereocenters. The lowest BCUT2D eigenvalue weighted by Crippen LogP contribution is -2.45. The fourth-order valence-electron chi connectivity index (χ4n) is 9.43. The lowest BCUT2D eigenvalue weighted by atomic mass is 10.0. The Hall–Kier alpha value is -1.92. The summed E-state index contributed by atoms with van der Waals surface area (Å²) in [5.74, 6) is -0.0648. The second-order valence-corrected chi connectivity index (χ2v) is 21.0. The van der Waals surface area contributed by atoms with Gasteiger partial charge in [-0.05, 0) is 64.2 Å². The molecular formula is C63H119NO5. The molecule has 0 bridgehead atoms. The van der Waals surface area contributed by atoms with E-state index < -0.39 is 12.1 Å². The van der Waals surface area contributed by atoms with E-state index in [1.807, 2.05) is 6.08 Å². The van der Waals surface area contributed by atoms with Gasteiger partial charge in [-0.15, -0.1) is 0 Å². The van der Waals surface area contributed by atoms with E-state index in [0.29, 0.717) is 19.4 Å². The van der Waals surface area contributed by atoms with Gasteiger partial charge in [0.1, 0.15) is 0 Å². The number of aliphatic hydroxyl groups excluding tert-OH is 2. The molecule has 0 saturated carbocycles. The molecule has 0 aliphatic carbocycles. The molecule has 0 aromatic rings. The number of nitrogens with one attached hydrogen (secondary N) is 1. The summed E-state index contributed by atoms with van der Waals surface area (Å²) in [6.45, 7) is 4.87. The summed E-state index contributed by atoms with van der Waals surface area (Å²) >= 11 is 0. The van der Waals surface area contributed by atoms with Gasteiger partial charge in [0.15, 0.2) is 0 Å². The number of allylic oxidation sites excluding steroid dienone is 5. The molecule has 0 aromatic carbocycles. The maximum atomic E-state index is 12.4. The molecule has 406 valence electrons. The number of ether oxygens (including phenoxy) is 1. The Labute approximate surface area is 430 Å². The van der Waals surface area contributed by atoms with Gasteiger partial charge < -0.3 is 20.3 Å². The molecule has 1 amide bonds. The van der Waals surface area contributed by atoms with Gasteiger partial charge in [0.05, 0.1) is 25.4 Å². The van der Waals surface area contributed by atoms with E-state index in [1.54, 1.807) is 6.08 Å². The lowest BCUT2D eigenvalue weighted by molar-refractivity contribution is -0.143. The highest BCUT2D eigenvalue weighted by Gasteiger charge is 2.18. The minimum absolute atomic E-state index is 0.00178. The highest BCUT2D eigenvalue weighted by atomic mass is 16.5. The highest BCUT2D eigenvalue weighted by Crippen LogP contribution is 2.17. The van der Waals surface area contributed by atoms with Crippen molar-refractivity contribution in [2.24, 2.45) is 0 Å². The van der Waals surface area contributed by atoms with Gasteiger partial charge in [0.25, 0.3) is 0 Å². The number of carbonyl (C=O) groups is 2. The molecule has 0 fully saturated rings. The number of unbranched alkanes of at least 4 members (excludes halogenated alkanes) is 42. The average molecular weight is 971 g/mol. The van der Waals surface area contributed by atoms with Crippen LogP contribution in [0.25, 0.3) is 0 Å². The molecule has 0 heterocycles. The van der Waals surface area contributed by atoms with E-state index in [4.69, 9.17) is 4.74 Å². The molecule has 6 nitrogen and oxygen atoms in total. The first-order valence-corrected chi connectivity index (χ1v) is 30.8. The first-order valence-electron chi connectivity index (χ1n) is 30.8. The Morgan fingerprint density at radius 2 is 0.725 bits per heavy atom. The number of esters is 1. The van der Waals surface area contributed by atoms with E-state index in [1.165, 1.54) is 250 Å². The molecule has 69 heavy (non-hydrogen) atoms. The quantitative estimate of drug-likeness (QED) is 0.0321. The molecule has 0 saturated heterocycles. The van der Waals surface area contributed by atoms with E-state index in [9.17, 15) is 19.8 Å². The van der Waals surface area contributed by atoms with Crippen LogP contribution in [0, 0.1) is 0 Å². The number of hydrogen-bond donors (Lipinski definition) is 3. The van der Waals surface area contributed by atoms with Crippen molar-refractivity contribution in [1.29, 1.82) is 0 Å². The zero-order chi connectivity index (χ0) is 50.0. The highest BCUT2D eigenvalue weighted by molar-refractivity contribution is 5.76. The van der Waals surface area contributed by atoms with Crippen molar-refractivity contribution >= 4 is 11.9 Å². The molecule has 0 spiro atoms. The third-order valence-electron chi connectivity index (χ3n) is 14.2. The van der Waals surface area contributed by atoms with E-state index in [-0.39, 0.29) is 18.5 Å². The normalized spacial score (nSPS) is 12.8. The molecule has 0 radical (unpaired) electrons. The largest absolute Gasteiger partial charge is 0.466 e. The van der Waals surface area contributed by atoms with Crippen molar-refractivity contribution in [2.45, 2.75) is 341 Å². The third kappa shape index (κ3) is 55.2. The van der Waals surface area contributed by atoms with Crippen LogP contribution in [0.2, 0.25) is 0 Å². The van der Waals surface area contributed by atoms with Crippen LogP contribution in [0.15, 0.2) is 36.5 Å². The zero-order valence-corrected chi connectivity index (χ0v) is 46.3. The summed E-state index contributed by atoms with van der Waals surface area (Å²) in [5.41, 5.74) is 0. The van der Waals surface area contributed by atoms with Crippen molar-refractivity contribution < 1.29 is 24.5 Å². The number of aliphatic hydroxyl groups is 2. The monoisotopic (exact) mass is 970 g/mol. The molecule has 0 aliphatic heterocycles. The predicted molar refractivity (Wildman–Crippen MR) is 301 cm³/mol. The van der Waals surface area contributed by atoms with Crippen molar-refractivity contribution in [3.05, 3.63) is 36.5 Å². The van der Waals surface area contributed by atoms with Crippen LogP contribution < -0.4 is 5.32 Å². The SMILES string of the molecule is CCCCC/C=C\C/C=C\CCCCCCCC(=O)OCCCCCCCCCCCCCCCCCCCCCCCCCCCC(=O)NC(CO)C(O)/C=C/CCCCCCCCCCCC. The molecular weight excluding hydrogens is 851 g/mol. The molecule has 2 atom stereocenters. The van der Waals surface area contributed by atoms with Crippen molar-refractivity contribution in [3.8, 4) is 0 Å². The first kappa shape index (κ1) is 67.1. The summed E-state index contributed by atoms with van der Waals surface area (Å²) in [7, 11) is 0. The third-order valence-corrected chi connectivity index (χ3v) is 14.2. The van der Waals surface area contributed by atoms with Crippen molar-refractivity contribution in [2.75, 3.05) is 13.2 Å². The Morgan fingerprint density at radius 3 is 1.13 bits per heavy atom. The average Bonchev–Trinajstić information content (AvgIpc) is 3.35. The smallest absolute Gasteiger partial charge is 0.305 e. The van der Waals surface area contributed by atoms with Crippen LogP contribution in [-0.2, 0) is 14.3 Å². The minimum atomic E-state index is -0.842. The fraction of sp³-hybridized carbons (Fsp3) is 0.873. The van der Waals surface area contributed by atoms with Crippen LogP contribution in [0.3, 0.4) is 0 Å². The topological polar surface area (TPSA) is 95.9 Å².